The quantitative estimate of drug-likeness (QED) is 0.603. The molecule has 0 radical (unpaired) electrons. The lowest BCUT2D eigenvalue weighted by Crippen LogP contribution is -2.30. The lowest BCUT2D eigenvalue weighted by Gasteiger charge is -2.14. The number of hydrogen-bond donors (Lipinski definition) is 1. The molecule has 2 aromatic carbocycles. The van der Waals surface area contributed by atoms with E-state index in [0.29, 0.717) is 23.6 Å². The molecule has 156 valence electrons. The Morgan fingerprint density at radius 1 is 1.07 bits per heavy atom. The lowest BCUT2D eigenvalue weighted by atomic mass is 10.1. The Morgan fingerprint density at radius 3 is 2.33 bits per heavy atom. The number of carbonyl (C=O) groups excluding carboxylic acids is 2. The SMILES string of the molecule is Cc1nn(C)c(C)c1NC(=O)[C@H](C)OC(=O)c1ccc(COc2ccccc2)cc1. The van der Waals surface area contributed by atoms with Gasteiger partial charge in [0.25, 0.3) is 5.91 Å². The number of rotatable bonds is 7. The van der Waals surface area contributed by atoms with Gasteiger partial charge in [-0.3, -0.25) is 9.48 Å². The Balaban J connectivity index is 1.55. The number of aromatic nitrogens is 2. The first-order valence-electron chi connectivity index (χ1n) is 9.64. The lowest BCUT2D eigenvalue weighted by molar-refractivity contribution is -0.123. The standard InChI is InChI=1S/C23H25N3O4/c1-15-21(16(2)26(4)25-15)24-22(27)17(3)30-23(28)19-12-10-18(11-13-19)14-29-20-8-6-5-7-9-20/h5-13,17H,14H2,1-4H3,(H,24,27)/t17-/m0/s1. The van der Waals surface area contributed by atoms with Crippen LogP contribution in [0.2, 0.25) is 0 Å². The number of ether oxygens (including phenoxy) is 2. The van der Waals surface area contributed by atoms with E-state index in [0.717, 1.165) is 17.0 Å². The number of nitrogens with one attached hydrogen (secondary N) is 1. The van der Waals surface area contributed by atoms with Gasteiger partial charge in [-0.1, -0.05) is 30.3 Å². The molecule has 7 nitrogen and oxygen atoms in total. The molecule has 0 saturated heterocycles. The molecule has 1 atom stereocenters. The van der Waals surface area contributed by atoms with E-state index in [-0.39, 0.29) is 0 Å². The van der Waals surface area contributed by atoms with Crippen LogP contribution in [0, 0.1) is 13.8 Å². The van der Waals surface area contributed by atoms with E-state index in [1.54, 1.807) is 36.0 Å². The molecule has 0 aliphatic rings. The van der Waals surface area contributed by atoms with Crippen molar-refractivity contribution in [1.82, 2.24) is 9.78 Å². The van der Waals surface area contributed by atoms with Gasteiger partial charge in [0.1, 0.15) is 12.4 Å². The van der Waals surface area contributed by atoms with Crippen LogP contribution < -0.4 is 10.1 Å². The van der Waals surface area contributed by atoms with Gasteiger partial charge in [-0.05, 0) is 50.6 Å². The highest BCUT2D eigenvalue weighted by atomic mass is 16.5. The summed E-state index contributed by atoms with van der Waals surface area (Å²) in [6, 6.07) is 16.4. The van der Waals surface area contributed by atoms with Crippen LogP contribution in [-0.2, 0) is 23.2 Å². The topological polar surface area (TPSA) is 82.5 Å². The van der Waals surface area contributed by atoms with Crippen molar-refractivity contribution in [3.05, 3.63) is 77.1 Å². The predicted molar refractivity (Wildman–Crippen MR) is 113 cm³/mol. The summed E-state index contributed by atoms with van der Waals surface area (Å²) in [5.74, 6) is -0.192. The molecule has 1 amide bonds. The van der Waals surface area contributed by atoms with Gasteiger partial charge in [-0.25, -0.2) is 4.79 Å². The molecular formula is C23H25N3O4. The summed E-state index contributed by atoms with van der Waals surface area (Å²) >= 11 is 0. The zero-order valence-corrected chi connectivity index (χ0v) is 17.5. The summed E-state index contributed by atoms with van der Waals surface area (Å²) in [6.45, 7) is 5.59. The monoisotopic (exact) mass is 407 g/mol. The zero-order chi connectivity index (χ0) is 21.7. The number of nitrogens with zero attached hydrogens (tertiary/aromatic N) is 2. The van der Waals surface area contributed by atoms with Gasteiger partial charge in [0, 0.05) is 7.05 Å². The number of amides is 1. The van der Waals surface area contributed by atoms with Gasteiger partial charge in [0.2, 0.25) is 0 Å². The smallest absolute Gasteiger partial charge is 0.338 e. The van der Waals surface area contributed by atoms with Gasteiger partial charge in [0.05, 0.1) is 22.6 Å². The van der Waals surface area contributed by atoms with E-state index < -0.39 is 18.0 Å². The Hall–Kier alpha value is -3.61. The molecule has 7 heteroatoms. The van der Waals surface area contributed by atoms with Crippen molar-refractivity contribution in [2.75, 3.05) is 5.32 Å². The first-order valence-corrected chi connectivity index (χ1v) is 9.64. The highest BCUT2D eigenvalue weighted by molar-refractivity contribution is 5.98. The van der Waals surface area contributed by atoms with Crippen molar-refractivity contribution < 1.29 is 19.1 Å². The maximum absolute atomic E-state index is 12.4. The van der Waals surface area contributed by atoms with Crippen LogP contribution in [-0.4, -0.2) is 27.8 Å². The average molecular weight is 407 g/mol. The third kappa shape index (κ3) is 5.05. The third-order valence-electron chi connectivity index (χ3n) is 4.75. The van der Waals surface area contributed by atoms with E-state index in [4.69, 9.17) is 9.47 Å². The second-order valence-corrected chi connectivity index (χ2v) is 7.00. The first kappa shape index (κ1) is 21.1. The van der Waals surface area contributed by atoms with Gasteiger partial charge in [-0.2, -0.15) is 5.10 Å². The van der Waals surface area contributed by atoms with Gasteiger partial charge >= 0.3 is 5.97 Å². The fraction of sp³-hybridized carbons (Fsp3) is 0.261. The van der Waals surface area contributed by atoms with Gasteiger partial charge in [0.15, 0.2) is 6.10 Å². The molecule has 0 aliphatic carbocycles. The maximum atomic E-state index is 12.4. The fourth-order valence-electron chi connectivity index (χ4n) is 2.88. The Kier molecular flexibility index (Phi) is 6.51. The van der Waals surface area contributed by atoms with Crippen LogP contribution in [0.25, 0.3) is 0 Å². The number of esters is 1. The summed E-state index contributed by atoms with van der Waals surface area (Å²) in [7, 11) is 1.80. The molecule has 0 fully saturated rings. The normalized spacial score (nSPS) is 11.6. The molecular weight excluding hydrogens is 382 g/mol. The van der Waals surface area contributed by atoms with E-state index >= 15 is 0 Å². The first-order chi connectivity index (χ1) is 14.3. The summed E-state index contributed by atoms with van der Waals surface area (Å²) in [4.78, 5) is 24.8. The maximum Gasteiger partial charge on any atom is 0.338 e. The van der Waals surface area contributed by atoms with Crippen LogP contribution in [0.5, 0.6) is 5.75 Å². The number of aryl methyl sites for hydroxylation is 2. The summed E-state index contributed by atoms with van der Waals surface area (Å²) in [6.07, 6.45) is -0.947. The molecule has 30 heavy (non-hydrogen) atoms. The highest BCUT2D eigenvalue weighted by Crippen LogP contribution is 2.19. The van der Waals surface area contributed by atoms with E-state index in [9.17, 15) is 9.59 Å². The fourth-order valence-corrected chi connectivity index (χ4v) is 2.88. The number of hydrogen-bond acceptors (Lipinski definition) is 5. The molecule has 1 N–H and O–H groups in total. The molecule has 3 aromatic rings. The van der Waals surface area contributed by atoms with Crippen LogP contribution in [0.3, 0.4) is 0 Å². The van der Waals surface area contributed by atoms with Crippen molar-refractivity contribution >= 4 is 17.6 Å². The number of benzene rings is 2. The molecule has 0 aliphatic heterocycles. The van der Waals surface area contributed by atoms with Crippen molar-refractivity contribution in [2.24, 2.45) is 7.05 Å². The number of para-hydroxylation sites is 1. The largest absolute Gasteiger partial charge is 0.489 e. The summed E-state index contributed by atoms with van der Waals surface area (Å²) < 4.78 is 12.7. The Labute approximate surface area is 175 Å². The third-order valence-corrected chi connectivity index (χ3v) is 4.75. The van der Waals surface area contributed by atoms with Crippen molar-refractivity contribution in [3.8, 4) is 5.75 Å². The average Bonchev–Trinajstić information content (AvgIpc) is 2.99. The Morgan fingerprint density at radius 2 is 1.73 bits per heavy atom. The molecule has 0 spiro atoms. The molecule has 1 aromatic heterocycles. The molecule has 3 rings (SSSR count). The van der Waals surface area contributed by atoms with Crippen molar-refractivity contribution in [2.45, 2.75) is 33.5 Å². The van der Waals surface area contributed by atoms with Crippen molar-refractivity contribution in [1.29, 1.82) is 0 Å². The number of carbonyl (C=O) groups is 2. The Bertz CT molecular complexity index is 1030. The number of anilines is 1. The second-order valence-electron chi connectivity index (χ2n) is 7.00. The minimum absolute atomic E-state index is 0.367. The van der Waals surface area contributed by atoms with Crippen LogP contribution >= 0.6 is 0 Å². The molecule has 1 heterocycles. The van der Waals surface area contributed by atoms with E-state index in [1.165, 1.54) is 6.92 Å². The highest BCUT2D eigenvalue weighted by Gasteiger charge is 2.21. The van der Waals surface area contributed by atoms with Crippen LogP contribution in [0.1, 0.15) is 34.2 Å². The minimum atomic E-state index is -0.947. The molecule has 0 bridgehead atoms. The van der Waals surface area contributed by atoms with Crippen molar-refractivity contribution in [3.63, 3.8) is 0 Å². The van der Waals surface area contributed by atoms with Crippen LogP contribution in [0.15, 0.2) is 54.6 Å². The van der Waals surface area contributed by atoms with Gasteiger partial charge < -0.3 is 14.8 Å². The van der Waals surface area contributed by atoms with Gasteiger partial charge in [-0.15, -0.1) is 0 Å². The minimum Gasteiger partial charge on any atom is -0.489 e. The van der Waals surface area contributed by atoms with E-state index in [1.807, 2.05) is 44.2 Å². The summed E-state index contributed by atoms with van der Waals surface area (Å²) in [5.41, 5.74) is 3.45. The van der Waals surface area contributed by atoms with E-state index in [2.05, 4.69) is 10.4 Å². The zero-order valence-electron chi connectivity index (χ0n) is 17.5. The molecule has 0 unspecified atom stereocenters. The predicted octanol–water partition coefficient (Wildman–Crippen LogP) is 3.80. The summed E-state index contributed by atoms with van der Waals surface area (Å²) in [5, 5.41) is 7.04. The molecule has 0 saturated carbocycles. The van der Waals surface area contributed by atoms with Crippen LogP contribution in [0.4, 0.5) is 5.69 Å². The second kappa shape index (κ2) is 9.26.